The lowest BCUT2D eigenvalue weighted by molar-refractivity contribution is -0.139. The molecule has 0 unspecified atom stereocenters. The van der Waals surface area contributed by atoms with Gasteiger partial charge in [-0.15, -0.1) is 0 Å². The first kappa shape index (κ1) is 16.3. The molecular weight excluding hydrogens is 328 g/mol. The maximum Gasteiger partial charge on any atom is 0.274 e. The molecule has 6 heteroatoms. The zero-order chi connectivity index (χ0) is 17.7. The number of nitrogens with zero attached hydrogens (tertiary/aromatic N) is 3. The predicted octanol–water partition coefficient (Wildman–Crippen LogP) is 2.30. The van der Waals surface area contributed by atoms with Gasteiger partial charge in [0.2, 0.25) is 5.91 Å². The van der Waals surface area contributed by atoms with Crippen molar-refractivity contribution in [3.8, 4) is 0 Å². The van der Waals surface area contributed by atoms with E-state index < -0.39 is 0 Å². The van der Waals surface area contributed by atoms with Crippen LogP contribution in [-0.2, 0) is 17.6 Å². The second-order valence-electron chi connectivity index (χ2n) is 8.82. The van der Waals surface area contributed by atoms with Crippen molar-refractivity contribution in [3.63, 3.8) is 0 Å². The van der Waals surface area contributed by atoms with E-state index in [-0.39, 0.29) is 11.3 Å². The number of carbonyl (C=O) groups is 2. The Balaban J connectivity index is 1.35. The van der Waals surface area contributed by atoms with Crippen molar-refractivity contribution < 1.29 is 9.59 Å². The smallest absolute Gasteiger partial charge is 0.274 e. The van der Waals surface area contributed by atoms with Crippen molar-refractivity contribution in [2.24, 2.45) is 5.41 Å². The average molecular weight is 356 g/mol. The van der Waals surface area contributed by atoms with Crippen molar-refractivity contribution in [2.75, 3.05) is 19.6 Å². The molecule has 1 aromatic heterocycles. The zero-order valence-electron chi connectivity index (χ0n) is 15.4. The van der Waals surface area contributed by atoms with E-state index in [1.807, 2.05) is 4.90 Å². The summed E-state index contributed by atoms with van der Waals surface area (Å²) in [4.78, 5) is 29.7. The summed E-state index contributed by atoms with van der Waals surface area (Å²) in [5, 5.41) is 7.49. The Morgan fingerprint density at radius 1 is 1.08 bits per heavy atom. The fourth-order valence-corrected chi connectivity index (χ4v) is 5.29. The maximum absolute atomic E-state index is 13.2. The van der Waals surface area contributed by atoms with Crippen molar-refractivity contribution in [1.82, 2.24) is 20.0 Å². The number of fused-ring (bicyclic) bond motifs is 1. The third-order valence-electron chi connectivity index (χ3n) is 6.89. The van der Waals surface area contributed by atoms with E-state index in [1.54, 1.807) is 0 Å². The zero-order valence-corrected chi connectivity index (χ0v) is 15.4. The number of amides is 2. The first-order chi connectivity index (χ1) is 12.7. The molecule has 5 rings (SSSR count). The number of aromatic nitrogens is 2. The number of hydrogen-bond donors (Lipinski definition) is 1. The molecule has 0 radical (unpaired) electrons. The average Bonchev–Trinajstić information content (AvgIpc) is 3.42. The summed E-state index contributed by atoms with van der Waals surface area (Å²) >= 11 is 0. The minimum absolute atomic E-state index is 0.0957. The van der Waals surface area contributed by atoms with Gasteiger partial charge in [0.15, 0.2) is 5.69 Å². The molecule has 1 aromatic rings. The van der Waals surface area contributed by atoms with E-state index in [0.717, 1.165) is 82.3 Å². The number of carbonyl (C=O) groups excluding carboxylic acids is 2. The highest BCUT2D eigenvalue weighted by molar-refractivity contribution is 5.94. The van der Waals surface area contributed by atoms with Gasteiger partial charge in [-0.25, -0.2) is 0 Å². The molecule has 1 N–H and O–H groups in total. The Labute approximate surface area is 154 Å². The second-order valence-corrected chi connectivity index (χ2v) is 8.82. The lowest BCUT2D eigenvalue weighted by atomic mass is 9.73. The summed E-state index contributed by atoms with van der Waals surface area (Å²) < 4.78 is 0. The van der Waals surface area contributed by atoms with Crippen LogP contribution in [0.5, 0.6) is 0 Å². The van der Waals surface area contributed by atoms with Gasteiger partial charge >= 0.3 is 0 Å². The molecule has 6 nitrogen and oxygen atoms in total. The van der Waals surface area contributed by atoms with Gasteiger partial charge in [-0.05, 0) is 57.8 Å². The quantitative estimate of drug-likeness (QED) is 0.884. The van der Waals surface area contributed by atoms with Crippen LogP contribution in [0.4, 0.5) is 0 Å². The van der Waals surface area contributed by atoms with Crippen LogP contribution in [0, 0.1) is 5.41 Å². The number of aromatic amines is 1. The van der Waals surface area contributed by atoms with E-state index in [9.17, 15) is 9.59 Å². The molecule has 2 aliphatic carbocycles. The summed E-state index contributed by atoms with van der Waals surface area (Å²) in [6.45, 7) is 2.45. The summed E-state index contributed by atoms with van der Waals surface area (Å²) in [6.07, 6.45) is 10.4. The molecule has 1 spiro atoms. The van der Waals surface area contributed by atoms with Crippen molar-refractivity contribution in [3.05, 3.63) is 17.0 Å². The second kappa shape index (κ2) is 6.10. The van der Waals surface area contributed by atoms with Crippen LogP contribution in [-0.4, -0.2) is 57.5 Å². The fraction of sp³-hybridized carbons (Fsp3) is 0.750. The van der Waals surface area contributed by atoms with E-state index in [4.69, 9.17) is 0 Å². The fourth-order valence-electron chi connectivity index (χ4n) is 5.29. The normalized spacial score (nSPS) is 29.2. The summed E-state index contributed by atoms with van der Waals surface area (Å²) in [5.41, 5.74) is 3.07. The van der Waals surface area contributed by atoms with Crippen LogP contribution < -0.4 is 0 Å². The Morgan fingerprint density at radius 3 is 2.77 bits per heavy atom. The van der Waals surface area contributed by atoms with Crippen LogP contribution in [0.2, 0.25) is 0 Å². The largest absolute Gasteiger partial charge is 0.339 e. The van der Waals surface area contributed by atoms with Crippen molar-refractivity contribution >= 4 is 11.8 Å². The SMILES string of the molecule is O=C(c1n[nH]c2c1CCCC2)N1CCC[C@@]2(CCC(=O)N(C3CC3)C2)C1. The highest BCUT2D eigenvalue weighted by Crippen LogP contribution is 2.42. The molecule has 2 saturated heterocycles. The number of aryl methyl sites for hydroxylation is 1. The van der Waals surface area contributed by atoms with Crippen molar-refractivity contribution in [1.29, 1.82) is 0 Å². The van der Waals surface area contributed by atoms with E-state index in [0.29, 0.717) is 24.1 Å². The molecule has 3 fully saturated rings. The minimum atomic E-state index is 0.0957. The molecule has 0 aromatic carbocycles. The third-order valence-corrected chi connectivity index (χ3v) is 6.89. The predicted molar refractivity (Wildman–Crippen MR) is 96.8 cm³/mol. The highest BCUT2D eigenvalue weighted by Gasteiger charge is 2.46. The molecule has 1 atom stereocenters. The van der Waals surface area contributed by atoms with Gasteiger partial charge in [0, 0.05) is 48.8 Å². The number of rotatable bonds is 2. The number of H-pyrrole nitrogens is 1. The third kappa shape index (κ3) is 2.74. The van der Waals surface area contributed by atoms with Crippen LogP contribution in [0.25, 0.3) is 0 Å². The molecule has 26 heavy (non-hydrogen) atoms. The maximum atomic E-state index is 13.2. The van der Waals surface area contributed by atoms with Crippen molar-refractivity contribution in [2.45, 2.75) is 70.3 Å². The first-order valence-corrected chi connectivity index (χ1v) is 10.3. The van der Waals surface area contributed by atoms with E-state index >= 15 is 0 Å². The number of nitrogens with one attached hydrogen (secondary N) is 1. The summed E-state index contributed by atoms with van der Waals surface area (Å²) in [6, 6.07) is 0.476. The molecule has 2 amide bonds. The van der Waals surface area contributed by atoms with Gasteiger partial charge in [0.1, 0.15) is 0 Å². The Morgan fingerprint density at radius 2 is 1.92 bits per heavy atom. The Hall–Kier alpha value is -1.85. The molecule has 4 aliphatic rings. The van der Waals surface area contributed by atoms with Gasteiger partial charge in [0.05, 0.1) is 0 Å². The lowest BCUT2D eigenvalue weighted by Gasteiger charge is -2.48. The standard InChI is InChI=1S/C20H28N4O2/c25-17-8-10-20(13-24(17)14-6-7-14)9-3-11-23(12-20)19(26)18-15-4-1-2-5-16(15)21-22-18/h14H,1-13H2,(H,21,22)/t20-/m1/s1. The van der Waals surface area contributed by atoms with Crippen LogP contribution in [0.15, 0.2) is 0 Å². The molecule has 3 heterocycles. The van der Waals surface area contributed by atoms with E-state index in [2.05, 4.69) is 15.1 Å². The monoisotopic (exact) mass is 356 g/mol. The molecular formula is C20H28N4O2. The van der Waals surface area contributed by atoms with Gasteiger partial charge < -0.3 is 9.80 Å². The Bertz CT molecular complexity index is 738. The van der Waals surface area contributed by atoms with Gasteiger partial charge in [0.25, 0.3) is 5.91 Å². The van der Waals surface area contributed by atoms with Gasteiger partial charge in [-0.3, -0.25) is 14.7 Å². The van der Waals surface area contributed by atoms with Gasteiger partial charge in [-0.2, -0.15) is 5.10 Å². The van der Waals surface area contributed by atoms with E-state index in [1.165, 1.54) is 6.42 Å². The minimum Gasteiger partial charge on any atom is -0.339 e. The number of likely N-dealkylation sites (tertiary alicyclic amines) is 2. The number of hydrogen-bond acceptors (Lipinski definition) is 3. The topological polar surface area (TPSA) is 69.3 Å². The number of piperidine rings is 2. The van der Waals surface area contributed by atoms with Gasteiger partial charge in [-0.1, -0.05) is 0 Å². The molecule has 2 aliphatic heterocycles. The summed E-state index contributed by atoms with van der Waals surface area (Å²) in [7, 11) is 0. The van der Waals surface area contributed by atoms with Crippen LogP contribution in [0.3, 0.4) is 0 Å². The van der Waals surface area contributed by atoms with Crippen LogP contribution in [0.1, 0.15) is 73.1 Å². The lowest BCUT2D eigenvalue weighted by Crippen LogP contribution is -2.55. The Kier molecular flexibility index (Phi) is 3.83. The first-order valence-electron chi connectivity index (χ1n) is 10.3. The van der Waals surface area contributed by atoms with Crippen LogP contribution >= 0.6 is 0 Å². The molecule has 0 bridgehead atoms. The molecule has 1 saturated carbocycles. The summed E-state index contributed by atoms with van der Waals surface area (Å²) in [5.74, 6) is 0.418. The molecule has 140 valence electrons. The highest BCUT2D eigenvalue weighted by atomic mass is 16.2.